The predicted molar refractivity (Wildman–Crippen MR) is 55.3 cm³/mol. The van der Waals surface area contributed by atoms with Gasteiger partial charge in [-0.2, -0.15) is 0 Å². The standard InChI is InChI=1S/C11H4BF6/c12-9-6-4-2-1-3-5(6)7(10(13,14)15)8(9)11(16,17)18/h1-4H. The third-order valence-corrected chi connectivity index (χ3v) is 2.57. The van der Waals surface area contributed by atoms with Crippen LogP contribution in [0.3, 0.4) is 0 Å². The molecule has 1 radical (unpaired) electrons. The van der Waals surface area contributed by atoms with Crippen molar-refractivity contribution in [3.8, 4) is 0 Å². The van der Waals surface area contributed by atoms with Crippen LogP contribution in [0, 0.1) is 0 Å². The van der Waals surface area contributed by atoms with Crippen LogP contribution < -0.4 is 0 Å². The first-order chi connectivity index (χ1) is 8.14. The second-order valence-electron chi connectivity index (χ2n) is 3.70. The van der Waals surface area contributed by atoms with Crippen LogP contribution in [0.2, 0.25) is 0 Å². The molecule has 0 aromatic heterocycles. The molecule has 0 unspecified atom stereocenters. The van der Waals surface area contributed by atoms with Crippen LogP contribution in [0.5, 0.6) is 0 Å². The van der Waals surface area contributed by atoms with E-state index in [9.17, 15) is 26.3 Å². The van der Waals surface area contributed by atoms with Gasteiger partial charge in [-0.1, -0.05) is 0 Å². The average molecular weight is 261 g/mol. The van der Waals surface area contributed by atoms with Gasteiger partial charge in [0.1, 0.15) is 0 Å². The average Bonchev–Trinajstić information content (AvgIpc) is 2.52. The van der Waals surface area contributed by atoms with Crippen molar-refractivity contribution in [3.63, 3.8) is 0 Å². The molecule has 0 aliphatic heterocycles. The normalized spacial score (nSPS) is 16.2. The zero-order valence-electron chi connectivity index (χ0n) is 8.65. The molecular weight excluding hydrogens is 257 g/mol. The molecule has 0 fully saturated rings. The van der Waals surface area contributed by atoms with E-state index < -0.39 is 34.5 Å². The molecule has 0 heterocycles. The molecule has 7 heteroatoms. The fraction of sp³-hybridized carbons (Fsp3) is 0.182. The molecule has 0 saturated heterocycles. The molecule has 0 spiro atoms. The van der Waals surface area contributed by atoms with Crippen molar-refractivity contribution in [2.75, 3.05) is 0 Å². The number of alkyl halides is 6. The van der Waals surface area contributed by atoms with Crippen LogP contribution in [-0.4, -0.2) is 25.3 Å². The van der Waals surface area contributed by atoms with Gasteiger partial charge in [-0.25, -0.2) is 0 Å². The van der Waals surface area contributed by atoms with Crippen LogP contribution in [0.25, 0.3) is 5.57 Å². The molecule has 0 saturated carbocycles. The van der Waals surface area contributed by atoms with E-state index in [-0.39, 0.29) is 5.56 Å². The van der Waals surface area contributed by atoms with Crippen molar-refractivity contribution in [3.05, 3.63) is 41.0 Å². The topological polar surface area (TPSA) is 0 Å². The summed E-state index contributed by atoms with van der Waals surface area (Å²) in [5, 5.41) is 0. The monoisotopic (exact) mass is 261 g/mol. The van der Waals surface area contributed by atoms with E-state index in [0.717, 1.165) is 12.1 Å². The summed E-state index contributed by atoms with van der Waals surface area (Å²) in [6, 6.07) is 4.68. The second kappa shape index (κ2) is 3.73. The van der Waals surface area contributed by atoms with Crippen molar-refractivity contribution in [1.82, 2.24) is 0 Å². The van der Waals surface area contributed by atoms with Crippen LogP contribution in [0.15, 0.2) is 29.8 Å². The summed E-state index contributed by atoms with van der Waals surface area (Å²) >= 11 is 0. The molecular formula is C11H4BF6. The third kappa shape index (κ3) is 1.87. The van der Waals surface area contributed by atoms with E-state index >= 15 is 0 Å². The predicted octanol–water partition coefficient (Wildman–Crippen LogP) is 3.27. The Bertz CT molecular complexity index is 549. The Morgan fingerprint density at radius 1 is 0.722 bits per heavy atom. The van der Waals surface area contributed by atoms with Gasteiger partial charge in [0, 0.05) is 0 Å². The van der Waals surface area contributed by atoms with E-state index in [4.69, 9.17) is 7.49 Å². The fourth-order valence-corrected chi connectivity index (χ4v) is 1.93. The molecule has 0 bridgehead atoms. The fourth-order valence-electron chi connectivity index (χ4n) is 1.93. The van der Waals surface area contributed by atoms with Crippen molar-refractivity contribution in [2.24, 2.45) is 0 Å². The van der Waals surface area contributed by atoms with Gasteiger partial charge < -0.3 is 0 Å². The first kappa shape index (κ1) is 12.9. The van der Waals surface area contributed by atoms with Crippen molar-refractivity contribution in [2.45, 2.75) is 12.4 Å². The summed E-state index contributed by atoms with van der Waals surface area (Å²) in [5.41, 5.74) is -5.18. The number of allylic oxidation sites excluding steroid dienone is 2. The minimum atomic E-state index is -5.14. The molecule has 1 aromatic rings. The van der Waals surface area contributed by atoms with Gasteiger partial charge in [-0.05, 0) is 0 Å². The Morgan fingerprint density at radius 2 is 1.17 bits per heavy atom. The summed E-state index contributed by atoms with van der Waals surface area (Å²) in [7, 11) is 5.20. The number of hydrogen-bond acceptors (Lipinski definition) is 0. The Kier molecular flexibility index (Phi) is 2.68. The quantitative estimate of drug-likeness (QED) is 0.496. The van der Waals surface area contributed by atoms with E-state index in [1.165, 1.54) is 12.1 Å². The molecule has 1 aromatic carbocycles. The van der Waals surface area contributed by atoms with Crippen LogP contribution in [-0.2, 0) is 0 Å². The summed E-state index contributed by atoms with van der Waals surface area (Å²) in [6.45, 7) is 0. The first-order valence-corrected chi connectivity index (χ1v) is 4.75. The Hall–Kier alpha value is -1.53. The van der Waals surface area contributed by atoms with Crippen LogP contribution in [0.4, 0.5) is 26.3 Å². The number of benzene rings is 1. The molecule has 0 nitrogen and oxygen atoms in total. The molecule has 2 rings (SSSR count). The summed E-state index contributed by atoms with van der Waals surface area (Å²) in [4.78, 5) is 0. The van der Waals surface area contributed by atoms with Crippen molar-refractivity contribution < 1.29 is 26.3 Å². The molecule has 1 aliphatic rings. The van der Waals surface area contributed by atoms with Crippen molar-refractivity contribution >= 4 is 18.5 Å². The number of rotatable bonds is 0. The maximum atomic E-state index is 12.8. The van der Waals surface area contributed by atoms with Crippen molar-refractivity contribution in [1.29, 1.82) is 0 Å². The number of halogens is 6. The minimum absolute atomic E-state index is 0.239. The van der Waals surface area contributed by atoms with E-state index in [2.05, 4.69) is 0 Å². The Balaban J connectivity index is 2.79. The van der Waals surface area contributed by atoms with E-state index in [1.807, 2.05) is 0 Å². The third-order valence-electron chi connectivity index (χ3n) is 2.57. The first-order valence-electron chi connectivity index (χ1n) is 4.75. The molecule has 0 atom stereocenters. The number of hydrogen-bond donors (Lipinski definition) is 0. The van der Waals surface area contributed by atoms with Gasteiger partial charge in [0.2, 0.25) is 0 Å². The molecule has 18 heavy (non-hydrogen) atoms. The summed E-state index contributed by atoms with van der Waals surface area (Å²) in [5.74, 6) is 0. The number of fused-ring (bicyclic) bond motifs is 1. The second-order valence-corrected chi connectivity index (χ2v) is 3.70. The van der Waals surface area contributed by atoms with Crippen LogP contribution >= 0.6 is 0 Å². The Labute approximate surface area is 99.0 Å². The van der Waals surface area contributed by atoms with Gasteiger partial charge in [0.25, 0.3) is 0 Å². The summed E-state index contributed by atoms with van der Waals surface area (Å²) < 4.78 is 76.4. The zero-order valence-corrected chi connectivity index (χ0v) is 8.65. The molecule has 93 valence electrons. The van der Waals surface area contributed by atoms with Gasteiger partial charge in [-0.3, -0.25) is 0 Å². The van der Waals surface area contributed by atoms with Gasteiger partial charge in [0.05, 0.1) is 0 Å². The maximum absolute atomic E-state index is 12.8. The molecule has 0 N–H and O–H groups in total. The summed E-state index contributed by atoms with van der Waals surface area (Å²) in [6.07, 6.45) is -10.3. The van der Waals surface area contributed by atoms with Gasteiger partial charge >= 0.3 is 98.2 Å². The van der Waals surface area contributed by atoms with Gasteiger partial charge in [0.15, 0.2) is 0 Å². The molecule has 0 amide bonds. The molecule has 1 aliphatic carbocycles. The van der Waals surface area contributed by atoms with Gasteiger partial charge in [-0.15, -0.1) is 0 Å². The van der Waals surface area contributed by atoms with E-state index in [0.29, 0.717) is 0 Å². The van der Waals surface area contributed by atoms with Crippen LogP contribution in [0.1, 0.15) is 11.1 Å². The zero-order chi connectivity index (χ0) is 13.7. The SMILES string of the molecule is [B]=C1C(C(F)(F)F)=C(C(F)(F)F)c2ccccc21. The van der Waals surface area contributed by atoms with E-state index in [1.54, 1.807) is 0 Å². The Morgan fingerprint density at radius 3 is 1.61 bits per heavy atom.